The van der Waals surface area contributed by atoms with Gasteiger partial charge in [0.2, 0.25) is 5.91 Å². The molecule has 0 aliphatic heterocycles. The van der Waals surface area contributed by atoms with Crippen molar-refractivity contribution in [1.82, 2.24) is 16.2 Å². The molecule has 0 spiro atoms. The third-order valence-corrected chi connectivity index (χ3v) is 3.50. The monoisotopic (exact) mass is 375 g/mol. The quantitative estimate of drug-likeness (QED) is 0.634. The molecule has 0 fully saturated rings. The maximum atomic E-state index is 11.7. The van der Waals surface area contributed by atoms with Crippen LogP contribution in [0.3, 0.4) is 0 Å². The number of para-hydroxylation sites is 1. The van der Waals surface area contributed by atoms with E-state index in [9.17, 15) is 14.4 Å². The maximum Gasteiger partial charge on any atom is 0.276 e. The Morgan fingerprint density at radius 3 is 2.23 bits per heavy atom. The van der Waals surface area contributed by atoms with E-state index in [1.165, 1.54) is 0 Å². The minimum Gasteiger partial charge on any atom is -0.482 e. The van der Waals surface area contributed by atoms with E-state index in [2.05, 4.69) is 16.2 Å². The van der Waals surface area contributed by atoms with Crippen molar-refractivity contribution in [2.45, 2.75) is 6.42 Å². The van der Waals surface area contributed by atoms with Crippen molar-refractivity contribution < 1.29 is 19.1 Å². The number of amides is 3. The second-order valence-electron chi connectivity index (χ2n) is 5.25. The van der Waals surface area contributed by atoms with Crippen molar-refractivity contribution >= 4 is 29.3 Å². The SMILES string of the molecule is O=C(Cc1ccccc1)NCC(=O)NNC(=O)COc1ccccc1Cl. The summed E-state index contributed by atoms with van der Waals surface area (Å²) >= 11 is 5.90. The molecule has 0 saturated heterocycles. The van der Waals surface area contributed by atoms with Crippen molar-refractivity contribution in [2.24, 2.45) is 0 Å². The predicted octanol–water partition coefficient (Wildman–Crippen LogP) is 1.23. The van der Waals surface area contributed by atoms with Crippen LogP contribution in [0, 0.1) is 0 Å². The number of hydrogen-bond acceptors (Lipinski definition) is 4. The molecule has 7 nitrogen and oxygen atoms in total. The third kappa shape index (κ3) is 6.82. The second kappa shape index (κ2) is 10.0. The van der Waals surface area contributed by atoms with Gasteiger partial charge >= 0.3 is 0 Å². The number of benzene rings is 2. The van der Waals surface area contributed by atoms with E-state index in [1.54, 1.807) is 24.3 Å². The van der Waals surface area contributed by atoms with E-state index < -0.39 is 11.8 Å². The summed E-state index contributed by atoms with van der Waals surface area (Å²) in [5.74, 6) is -1.05. The number of rotatable bonds is 7. The molecule has 0 aliphatic carbocycles. The van der Waals surface area contributed by atoms with E-state index in [1.807, 2.05) is 30.3 Å². The number of hydrazine groups is 1. The summed E-state index contributed by atoms with van der Waals surface area (Å²) < 4.78 is 5.23. The van der Waals surface area contributed by atoms with Gasteiger partial charge in [0.15, 0.2) is 6.61 Å². The van der Waals surface area contributed by atoms with E-state index in [4.69, 9.17) is 16.3 Å². The molecule has 0 unspecified atom stereocenters. The number of ether oxygens (including phenoxy) is 1. The lowest BCUT2D eigenvalue weighted by atomic mass is 10.1. The second-order valence-corrected chi connectivity index (χ2v) is 5.66. The Hall–Kier alpha value is -3.06. The van der Waals surface area contributed by atoms with E-state index >= 15 is 0 Å². The average molecular weight is 376 g/mol. The molecule has 0 aromatic heterocycles. The van der Waals surface area contributed by atoms with Crippen LogP contribution in [0.2, 0.25) is 5.02 Å². The van der Waals surface area contributed by atoms with E-state index in [0.717, 1.165) is 5.56 Å². The zero-order valence-electron chi connectivity index (χ0n) is 13.8. The summed E-state index contributed by atoms with van der Waals surface area (Å²) in [5.41, 5.74) is 5.22. The fourth-order valence-electron chi connectivity index (χ4n) is 1.95. The Morgan fingerprint density at radius 1 is 0.846 bits per heavy atom. The van der Waals surface area contributed by atoms with Gasteiger partial charge in [-0.2, -0.15) is 0 Å². The number of hydrogen-bond donors (Lipinski definition) is 3. The summed E-state index contributed by atoms with van der Waals surface area (Å²) in [6.45, 7) is -0.568. The lowest BCUT2D eigenvalue weighted by Gasteiger charge is -2.10. The first-order valence-electron chi connectivity index (χ1n) is 7.80. The zero-order chi connectivity index (χ0) is 18.8. The normalized spacial score (nSPS) is 9.88. The van der Waals surface area contributed by atoms with Crippen LogP contribution in [-0.4, -0.2) is 30.9 Å². The Bertz CT molecular complexity index is 768. The summed E-state index contributed by atoms with van der Waals surface area (Å²) in [7, 11) is 0. The van der Waals surface area contributed by atoms with Gasteiger partial charge in [0, 0.05) is 0 Å². The van der Waals surface area contributed by atoms with Crippen LogP contribution in [0.1, 0.15) is 5.56 Å². The van der Waals surface area contributed by atoms with Crippen molar-refractivity contribution in [1.29, 1.82) is 0 Å². The highest BCUT2D eigenvalue weighted by molar-refractivity contribution is 6.32. The van der Waals surface area contributed by atoms with Crippen molar-refractivity contribution in [3.63, 3.8) is 0 Å². The molecule has 0 atom stereocenters. The van der Waals surface area contributed by atoms with Gasteiger partial charge < -0.3 is 10.1 Å². The van der Waals surface area contributed by atoms with Crippen LogP contribution in [0.4, 0.5) is 0 Å². The van der Waals surface area contributed by atoms with Gasteiger partial charge in [-0.25, -0.2) is 0 Å². The number of nitrogens with one attached hydrogen (secondary N) is 3. The summed E-state index contributed by atoms with van der Waals surface area (Å²) in [6.07, 6.45) is 0.173. The van der Waals surface area contributed by atoms with Crippen LogP contribution in [0.15, 0.2) is 54.6 Å². The van der Waals surface area contributed by atoms with Gasteiger partial charge in [-0.3, -0.25) is 25.2 Å². The Morgan fingerprint density at radius 2 is 1.50 bits per heavy atom. The molecule has 2 rings (SSSR count). The average Bonchev–Trinajstić information content (AvgIpc) is 2.65. The molecule has 0 radical (unpaired) electrons. The molecule has 0 aliphatic rings. The van der Waals surface area contributed by atoms with Crippen molar-refractivity contribution in [3.8, 4) is 5.75 Å². The number of carbonyl (C=O) groups is 3. The lowest BCUT2D eigenvalue weighted by Crippen LogP contribution is -2.47. The molecule has 0 bridgehead atoms. The molecule has 136 valence electrons. The maximum absolute atomic E-state index is 11.7. The Kier molecular flexibility index (Phi) is 7.45. The topological polar surface area (TPSA) is 96.5 Å². The summed E-state index contributed by atoms with van der Waals surface area (Å²) in [6, 6.07) is 15.9. The molecule has 0 saturated carbocycles. The van der Waals surface area contributed by atoms with Gasteiger partial charge in [-0.1, -0.05) is 54.1 Å². The van der Waals surface area contributed by atoms with Crippen LogP contribution in [0.25, 0.3) is 0 Å². The molecule has 3 N–H and O–H groups in total. The van der Waals surface area contributed by atoms with Gasteiger partial charge in [0.25, 0.3) is 11.8 Å². The highest BCUT2D eigenvalue weighted by atomic mass is 35.5. The highest BCUT2D eigenvalue weighted by Crippen LogP contribution is 2.22. The van der Waals surface area contributed by atoms with Gasteiger partial charge in [0.05, 0.1) is 18.0 Å². The fraction of sp³-hybridized carbons (Fsp3) is 0.167. The first kappa shape index (κ1) is 19.3. The van der Waals surface area contributed by atoms with Crippen LogP contribution in [0.5, 0.6) is 5.75 Å². The Labute approximate surface area is 155 Å². The zero-order valence-corrected chi connectivity index (χ0v) is 14.6. The molecular formula is C18H18ClN3O4. The van der Waals surface area contributed by atoms with Gasteiger partial charge in [-0.15, -0.1) is 0 Å². The minimum absolute atomic E-state index is 0.173. The van der Waals surface area contributed by atoms with Crippen LogP contribution >= 0.6 is 11.6 Å². The lowest BCUT2D eigenvalue weighted by molar-refractivity contribution is -0.130. The first-order valence-corrected chi connectivity index (χ1v) is 8.18. The van der Waals surface area contributed by atoms with Crippen molar-refractivity contribution in [2.75, 3.05) is 13.2 Å². The van der Waals surface area contributed by atoms with E-state index in [0.29, 0.717) is 10.8 Å². The highest BCUT2D eigenvalue weighted by Gasteiger charge is 2.09. The molecule has 8 heteroatoms. The smallest absolute Gasteiger partial charge is 0.276 e. The summed E-state index contributed by atoms with van der Waals surface area (Å²) in [5, 5.41) is 2.85. The standard InChI is InChI=1S/C18H18ClN3O4/c19-14-8-4-5-9-15(14)26-12-18(25)22-21-17(24)11-20-16(23)10-13-6-2-1-3-7-13/h1-9H,10-12H2,(H,20,23)(H,21,24)(H,22,25). The number of carbonyl (C=O) groups excluding carboxylic acids is 3. The molecule has 3 amide bonds. The predicted molar refractivity (Wildman–Crippen MR) is 96.4 cm³/mol. The summed E-state index contributed by atoms with van der Waals surface area (Å²) in [4.78, 5) is 35.0. The van der Waals surface area contributed by atoms with Gasteiger partial charge in [0.1, 0.15) is 5.75 Å². The molecule has 2 aromatic rings. The van der Waals surface area contributed by atoms with E-state index in [-0.39, 0.29) is 25.5 Å². The molecular weight excluding hydrogens is 358 g/mol. The molecule has 26 heavy (non-hydrogen) atoms. The molecule has 0 heterocycles. The molecule has 2 aromatic carbocycles. The van der Waals surface area contributed by atoms with Crippen LogP contribution < -0.4 is 20.9 Å². The Balaban J connectivity index is 1.62. The third-order valence-electron chi connectivity index (χ3n) is 3.19. The number of halogens is 1. The fourth-order valence-corrected chi connectivity index (χ4v) is 2.14. The first-order chi connectivity index (χ1) is 12.5. The largest absolute Gasteiger partial charge is 0.482 e. The minimum atomic E-state index is -0.561. The van der Waals surface area contributed by atoms with Crippen LogP contribution in [-0.2, 0) is 20.8 Å². The van der Waals surface area contributed by atoms with Crippen molar-refractivity contribution in [3.05, 3.63) is 65.2 Å². The van der Waals surface area contributed by atoms with Gasteiger partial charge in [-0.05, 0) is 17.7 Å².